The third kappa shape index (κ3) is 5.91. The monoisotopic (exact) mass is 452 g/mol. The summed E-state index contributed by atoms with van der Waals surface area (Å²) in [6, 6.07) is 33.7. The lowest BCUT2D eigenvalue weighted by atomic mass is 10.0. The molecule has 34 heavy (non-hydrogen) atoms. The second-order valence-corrected chi connectivity index (χ2v) is 7.93. The summed E-state index contributed by atoms with van der Waals surface area (Å²) in [5, 5.41) is 0. The van der Waals surface area contributed by atoms with Crippen LogP contribution >= 0.6 is 0 Å². The predicted molar refractivity (Wildman–Crippen MR) is 134 cm³/mol. The first-order valence-corrected chi connectivity index (χ1v) is 11.4. The van der Waals surface area contributed by atoms with Crippen LogP contribution in [0.25, 0.3) is 11.1 Å². The number of hydrogen-bond acceptors (Lipinski definition) is 4. The van der Waals surface area contributed by atoms with E-state index in [4.69, 9.17) is 14.2 Å². The summed E-state index contributed by atoms with van der Waals surface area (Å²) in [4.78, 5) is 12.4. The van der Waals surface area contributed by atoms with Gasteiger partial charge in [-0.1, -0.05) is 84.9 Å². The van der Waals surface area contributed by atoms with Gasteiger partial charge in [0.2, 0.25) is 6.29 Å². The quantitative estimate of drug-likeness (QED) is 0.200. The van der Waals surface area contributed by atoms with Gasteiger partial charge in [-0.25, -0.2) is 4.79 Å². The number of esters is 1. The van der Waals surface area contributed by atoms with Crippen LogP contribution in [0.1, 0.15) is 40.3 Å². The Morgan fingerprint density at radius 1 is 0.794 bits per heavy atom. The van der Waals surface area contributed by atoms with E-state index in [1.807, 2.05) is 67.6 Å². The smallest absolute Gasteiger partial charge is 0.338 e. The Bertz CT molecular complexity index is 1200. The molecule has 0 saturated carbocycles. The number of para-hydroxylation sites is 1. The highest BCUT2D eigenvalue weighted by Gasteiger charge is 2.19. The largest absolute Gasteiger partial charge is 0.462 e. The SMILES string of the molecule is CCOC(=O)c1cc(C(OCc2ccc(-c3ccccc3)cc2)Oc2ccccc2)ccc1C. The highest BCUT2D eigenvalue weighted by Crippen LogP contribution is 2.27. The normalized spacial score (nSPS) is 11.6. The number of ether oxygens (including phenoxy) is 3. The van der Waals surface area contributed by atoms with E-state index in [0.29, 0.717) is 24.5 Å². The van der Waals surface area contributed by atoms with Gasteiger partial charge < -0.3 is 14.2 Å². The molecule has 0 radical (unpaired) electrons. The van der Waals surface area contributed by atoms with Crippen LogP contribution in [0, 0.1) is 6.92 Å². The van der Waals surface area contributed by atoms with Crippen LogP contribution in [0.15, 0.2) is 103 Å². The Morgan fingerprint density at radius 2 is 1.44 bits per heavy atom. The van der Waals surface area contributed by atoms with Crippen LogP contribution in [-0.4, -0.2) is 12.6 Å². The van der Waals surface area contributed by atoms with Crippen molar-refractivity contribution in [2.75, 3.05) is 6.61 Å². The van der Waals surface area contributed by atoms with Crippen molar-refractivity contribution in [3.8, 4) is 16.9 Å². The van der Waals surface area contributed by atoms with Gasteiger partial charge in [0.15, 0.2) is 0 Å². The van der Waals surface area contributed by atoms with E-state index >= 15 is 0 Å². The van der Waals surface area contributed by atoms with Crippen LogP contribution in [0.4, 0.5) is 0 Å². The van der Waals surface area contributed by atoms with Crippen molar-refractivity contribution < 1.29 is 19.0 Å². The zero-order valence-corrected chi connectivity index (χ0v) is 19.4. The van der Waals surface area contributed by atoms with Crippen molar-refractivity contribution >= 4 is 5.97 Å². The molecule has 0 amide bonds. The molecule has 0 heterocycles. The van der Waals surface area contributed by atoms with Crippen LogP contribution in [-0.2, 0) is 16.1 Å². The lowest BCUT2D eigenvalue weighted by Crippen LogP contribution is -2.14. The maximum atomic E-state index is 12.4. The molecule has 0 saturated heterocycles. The molecule has 0 spiro atoms. The molecule has 0 fully saturated rings. The van der Waals surface area contributed by atoms with E-state index in [1.165, 1.54) is 5.56 Å². The molecular weight excluding hydrogens is 424 g/mol. The molecule has 0 N–H and O–H groups in total. The third-order valence-corrected chi connectivity index (χ3v) is 5.48. The van der Waals surface area contributed by atoms with Gasteiger partial charge in [-0.15, -0.1) is 0 Å². The Balaban J connectivity index is 1.55. The standard InChI is InChI=1S/C30H28O4/c1-3-32-29(31)28-20-26(17-14-22(28)2)30(34-27-12-8-5-9-13-27)33-21-23-15-18-25(19-16-23)24-10-6-4-7-11-24/h4-20,30H,3,21H2,1-2H3. The maximum absolute atomic E-state index is 12.4. The molecule has 172 valence electrons. The van der Waals surface area contributed by atoms with Crippen LogP contribution < -0.4 is 4.74 Å². The molecule has 0 aliphatic carbocycles. The Labute approximate surface area is 200 Å². The van der Waals surface area contributed by atoms with E-state index in [9.17, 15) is 4.79 Å². The average molecular weight is 453 g/mol. The second kappa shape index (κ2) is 11.3. The molecule has 4 heteroatoms. The van der Waals surface area contributed by atoms with Crippen molar-refractivity contribution in [2.24, 2.45) is 0 Å². The summed E-state index contributed by atoms with van der Waals surface area (Å²) in [6.45, 7) is 4.36. The van der Waals surface area contributed by atoms with Crippen molar-refractivity contribution in [1.29, 1.82) is 0 Å². The van der Waals surface area contributed by atoms with Crippen LogP contribution in [0.5, 0.6) is 5.75 Å². The number of rotatable bonds is 9. The molecule has 0 aromatic heterocycles. The van der Waals surface area contributed by atoms with E-state index < -0.39 is 6.29 Å². The van der Waals surface area contributed by atoms with E-state index in [-0.39, 0.29) is 5.97 Å². The molecule has 1 unspecified atom stereocenters. The first-order valence-electron chi connectivity index (χ1n) is 11.4. The molecule has 4 rings (SSSR count). The van der Waals surface area contributed by atoms with Crippen LogP contribution in [0.3, 0.4) is 0 Å². The minimum atomic E-state index is -0.690. The zero-order valence-electron chi connectivity index (χ0n) is 19.4. The molecule has 4 nitrogen and oxygen atoms in total. The topological polar surface area (TPSA) is 44.8 Å². The highest BCUT2D eigenvalue weighted by atomic mass is 16.7. The fourth-order valence-corrected chi connectivity index (χ4v) is 3.63. The molecular formula is C30H28O4. The first kappa shape index (κ1) is 23.3. The van der Waals surface area contributed by atoms with Gasteiger partial charge in [0.05, 0.1) is 18.8 Å². The Kier molecular flexibility index (Phi) is 7.74. The Hall–Kier alpha value is -3.89. The third-order valence-electron chi connectivity index (χ3n) is 5.48. The average Bonchev–Trinajstić information content (AvgIpc) is 2.88. The van der Waals surface area contributed by atoms with Gasteiger partial charge in [0.25, 0.3) is 0 Å². The van der Waals surface area contributed by atoms with Crippen LogP contribution in [0.2, 0.25) is 0 Å². The van der Waals surface area contributed by atoms with E-state index in [1.54, 1.807) is 13.0 Å². The molecule has 1 atom stereocenters. The molecule has 0 aliphatic rings. The Morgan fingerprint density at radius 3 is 2.12 bits per heavy atom. The number of aryl methyl sites for hydroxylation is 1. The molecule has 0 bridgehead atoms. The van der Waals surface area contributed by atoms with Gasteiger partial charge in [0, 0.05) is 5.56 Å². The first-order chi connectivity index (χ1) is 16.6. The number of carbonyl (C=O) groups excluding carboxylic acids is 1. The minimum absolute atomic E-state index is 0.321. The highest BCUT2D eigenvalue weighted by molar-refractivity contribution is 5.91. The van der Waals surface area contributed by atoms with Crippen molar-refractivity contribution in [1.82, 2.24) is 0 Å². The zero-order chi connectivity index (χ0) is 23.8. The summed E-state index contributed by atoms with van der Waals surface area (Å²) in [5.41, 5.74) is 5.46. The molecule has 4 aromatic rings. The molecule has 0 aliphatic heterocycles. The van der Waals surface area contributed by atoms with Crippen molar-refractivity contribution in [2.45, 2.75) is 26.7 Å². The van der Waals surface area contributed by atoms with E-state index in [2.05, 4.69) is 36.4 Å². The number of benzene rings is 4. The number of hydrogen-bond donors (Lipinski definition) is 0. The van der Waals surface area contributed by atoms with Gasteiger partial charge >= 0.3 is 5.97 Å². The van der Waals surface area contributed by atoms with Crippen molar-refractivity contribution in [3.05, 3.63) is 125 Å². The van der Waals surface area contributed by atoms with Gasteiger partial charge in [-0.2, -0.15) is 0 Å². The summed E-state index contributed by atoms with van der Waals surface area (Å²) in [6.07, 6.45) is -0.690. The maximum Gasteiger partial charge on any atom is 0.338 e. The predicted octanol–water partition coefficient (Wildman–Crippen LogP) is 7.13. The van der Waals surface area contributed by atoms with Crippen molar-refractivity contribution in [3.63, 3.8) is 0 Å². The lowest BCUT2D eigenvalue weighted by Gasteiger charge is -2.21. The summed E-state index contributed by atoms with van der Waals surface area (Å²) in [7, 11) is 0. The number of carbonyl (C=O) groups is 1. The van der Waals surface area contributed by atoms with Gasteiger partial charge in [-0.3, -0.25) is 0 Å². The van der Waals surface area contributed by atoms with Gasteiger partial charge in [0.1, 0.15) is 5.75 Å². The van der Waals surface area contributed by atoms with Gasteiger partial charge in [-0.05, 0) is 54.3 Å². The second-order valence-electron chi connectivity index (χ2n) is 7.93. The lowest BCUT2D eigenvalue weighted by molar-refractivity contribution is -0.0929. The van der Waals surface area contributed by atoms with E-state index in [0.717, 1.165) is 22.3 Å². The summed E-state index contributed by atoms with van der Waals surface area (Å²) >= 11 is 0. The summed E-state index contributed by atoms with van der Waals surface area (Å²) in [5.74, 6) is 0.335. The minimum Gasteiger partial charge on any atom is -0.462 e. The molecule has 4 aromatic carbocycles. The fraction of sp³-hybridized carbons (Fsp3) is 0.167. The fourth-order valence-electron chi connectivity index (χ4n) is 3.63. The summed E-state index contributed by atoms with van der Waals surface area (Å²) < 4.78 is 17.6.